The number of rotatable bonds is 3. The van der Waals surface area contributed by atoms with Crippen molar-refractivity contribution in [3.8, 4) is 0 Å². The van der Waals surface area contributed by atoms with Gasteiger partial charge in [-0.2, -0.15) is 0 Å². The minimum atomic E-state index is -0.331. The van der Waals surface area contributed by atoms with E-state index in [1.165, 1.54) is 0 Å². The standard InChI is InChI=1S/C17H23ClN2O2/c1-4-17(2,3)16(22)20-11-9-19(10-12-20)15(21)13-5-7-14(18)8-6-13/h5-8H,4,9-12H2,1-3H3. The lowest BCUT2D eigenvalue weighted by molar-refractivity contribution is -0.142. The van der Waals surface area contributed by atoms with E-state index >= 15 is 0 Å². The van der Waals surface area contributed by atoms with E-state index in [-0.39, 0.29) is 17.2 Å². The summed E-state index contributed by atoms with van der Waals surface area (Å²) in [5.74, 6) is 0.173. The predicted molar refractivity (Wildman–Crippen MR) is 88.0 cm³/mol. The van der Waals surface area contributed by atoms with Crippen LogP contribution in [0.4, 0.5) is 0 Å². The van der Waals surface area contributed by atoms with E-state index in [2.05, 4.69) is 0 Å². The van der Waals surface area contributed by atoms with Gasteiger partial charge in [0.1, 0.15) is 0 Å². The van der Waals surface area contributed by atoms with Gasteiger partial charge in [-0.3, -0.25) is 9.59 Å². The van der Waals surface area contributed by atoms with Crippen molar-refractivity contribution in [2.75, 3.05) is 26.2 Å². The van der Waals surface area contributed by atoms with E-state index in [0.717, 1.165) is 6.42 Å². The van der Waals surface area contributed by atoms with Crippen LogP contribution in [0.15, 0.2) is 24.3 Å². The zero-order valence-electron chi connectivity index (χ0n) is 13.4. The summed E-state index contributed by atoms with van der Waals surface area (Å²) in [6.45, 7) is 8.32. The monoisotopic (exact) mass is 322 g/mol. The quantitative estimate of drug-likeness (QED) is 0.858. The van der Waals surface area contributed by atoms with Gasteiger partial charge in [0.15, 0.2) is 0 Å². The Hall–Kier alpha value is -1.55. The summed E-state index contributed by atoms with van der Waals surface area (Å²) in [4.78, 5) is 28.5. The van der Waals surface area contributed by atoms with Gasteiger partial charge < -0.3 is 9.80 Å². The summed E-state index contributed by atoms with van der Waals surface area (Å²) in [6, 6.07) is 6.92. The first-order valence-electron chi connectivity index (χ1n) is 7.69. The molecular formula is C17H23ClN2O2. The molecule has 4 nitrogen and oxygen atoms in total. The van der Waals surface area contributed by atoms with Crippen molar-refractivity contribution in [3.63, 3.8) is 0 Å². The molecular weight excluding hydrogens is 300 g/mol. The van der Waals surface area contributed by atoms with Crippen LogP contribution in [0.2, 0.25) is 5.02 Å². The smallest absolute Gasteiger partial charge is 0.253 e. The molecule has 22 heavy (non-hydrogen) atoms. The third-order valence-corrected chi connectivity index (χ3v) is 4.66. The molecule has 2 rings (SSSR count). The highest BCUT2D eigenvalue weighted by molar-refractivity contribution is 6.30. The highest BCUT2D eigenvalue weighted by Crippen LogP contribution is 2.24. The summed E-state index contributed by atoms with van der Waals surface area (Å²) >= 11 is 5.84. The third kappa shape index (κ3) is 3.61. The number of nitrogens with zero attached hydrogens (tertiary/aromatic N) is 2. The van der Waals surface area contributed by atoms with Crippen LogP contribution in [0, 0.1) is 5.41 Å². The molecule has 0 bridgehead atoms. The number of hydrogen-bond acceptors (Lipinski definition) is 2. The minimum Gasteiger partial charge on any atom is -0.339 e. The first kappa shape index (κ1) is 16.8. The SMILES string of the molecule is CCC(C)(C)C(=O)N1CCN(C(=O)c2ccc(Cl)cc2)CC1. The molecule has 0 aromatic heterocycles. The average molecular weight is 323 g/mol. The zero-order valence-corrected chi connectivity index (χ0v) is 14.2. The largest absolute Gasteiger partial charge is 0.339 e. The van der Waals surface area contributed by atoms with E-state index in [1.807, 2.05) is 25.7 Å². The average Bonchev–Trinajstić information content (AvgIpc) is 2.54. The van der Waals surface area contributed by atoms with Crippen LogP contribution in [0.3, 0.4) is 0 Å². The second kappa shape index (κ2) is 6.69. The normalized spacial score (nSPS) is 15.8. The third-order valence-electron chi connectivity index (χ3n) is 4.41. The fourth-order valence-corrected chi connectivity index (χ4v) is 2.59. The molecule has 0 N–H and O–H groups in total. The summed E-state index contributed by atoms with van der Waals surface area (Å²) < 4.78 is 0. The van der Waals surface area contributed by atoms with Crippen molar-refractivity contribution in [2.45, 2.75) is 27.2 Å². The fraction of sp³-hybridized carbons (Fsp3) is 0.529. The van der Waals surface area contributed by atoms with Crippen LogP contribution >= 0.6 is 11.6 Å². The lowest BCUT2D eigenvalue weighted by Crippen LogP contribution is -2.53. The van der Waals surface area contributed by atoms with Crippen LogP contribution in [-0.2, 0) is 4.79 Å². The molecule has 1 aliphatic rings. The van der Waals surface area contributed by atoms with E-state index in [0.29, 0.717) is 36.8 Å². The molecule has 0 saturated carbocycles. The second-order valence-electron chi connectivity index (χ2n) is 6.33. The minimum absolute atomic E-state index is 0.00137. The van der Waals surface area contributed by atoms with Crippen LogP contribution in [0.1, 0.15) is 37.6 Å². The van der Waals surface area contributed by atoms with Crippen molar-refractivity contribution < 1.29 is 9.59 Å². The molecule has 1 aliphatic heterocycles. The van der Waals surface area contributed by atoms with E-state index in [9.17, 15) is 9.59 Å². The van der Waals surface area contributed by atoms with Crippen LogP contribution in [-0.4, -0.2) is 47.8 Å². The first-order valence-corrected chi connectivity index (χ1v) is 8.07. The Labute approximate surface area is 137 Å². The van der Waals surface area contributed by atoms with Crippen molar-refractivity contribution in [2.24, 2.45) is 5.41 Å². The molecule has 1 aromatic carbocycles. The molecule has 2 amide bonds. The second-order valence-corrected chi connectivity index (χ2v) is 6.77. The summed E-state index contributed by atoms with van der Waals surface area (Å²) in [5.41, 5.74) is 0.306. The maximum absolute atomic E-state index is 12.4. The first-order chi connectivity index (χ1) is 10.3. The van der Waals surface area contributed by atoms with Crippen LogP contribution < -0.4 is 0 Å². The number of piperazine rings is 1. The van der Waals surface area contributed by atoms with Crippen molar-refractivity contribution >= 4 is 23.4 Å². The number of halogens is 1. The Kier molecular flexibility index (Phi) is 5.12. The summed E-state index contributed by atoms with van der Waals surface area (Å²) in [7, 11) is 0. The summed E-state index contributed by atoms with van der Waals surface area (Å²) in [6.07, 6.45) is 0.815. The van der Waals surface area contributed by atoms with Gasteiger partial charge in [0.05, 0.1) is 0 Å². The van der Waals surface area contributed by atoms with Crippen molar-refractivity contribution in [3.05, 3.63) is 34.9 Å². The van der Waals surface area contributed by atoms with Crippen molar-refractivity contribution in [1.29, 1.82) is 0 Å². The number of carbonyl (C=O) groups is 2. The molecule has 0 unspecified atom stereocenters. The van der Waals surface area contributed by atoms with E-state index in [1.54, 1.807) is 29.2 Å². The Morgan fingerprint density at radius 2 is 1.55 bits per heavy atom. The van der Waals surface area contributed by atoms with Gasteiger partial charge in [-0.25, -0.2) is 0 Å². The Bertz CT molecular complexity index is 546. The molecule has 1 aromatic rings. The Morgan fingerprint density at radius 1 is 1.05 bits per heavy atom. The Balaban J connectivity index is 1.96. The van der Waals surface area contributed by atoms with Gasteiger partial charge >= 0.3 is 0 Å². The van der Waals surface area contributed by atoms with Gasteiger partial charge in [-0.05, 0) is 30.7 Å². The molecule has 5 heteroatoms. The van der Waals surface area contributed by atoms with Crippen LogP contribution in [0.25, 0.3) is 0 Å². The highest BCUT2D eigenvalue weighted by atomic mass is 35.5. The lowest BCUT2D eigenvalue weighted by Gasteiger charge is -2.38. The van der Waals surface area contributed by atoms with E-state index in [4.69, 9.17) is 11.6 Å². The highest BCUT2D eigenvalue weighted by Gasteiger charge is 2.33. The van der Waals surface area contributed by atoms with Gasteiger partial charge in [0, 0.05) is 42.2 Å². The van der Waals surface area contributed by atoms with Gasteiger partial charge in [0.2, 0.25) is 5.91 Å². The maximum atomic E-state index is 12.4. The molecule has 0 atom stereocenters. The molecule has 1 saturated heterocycles. The van der Waals surface area contributed by atoms with Crippen molar-refractivity contribution in [1.82, 2.24) is 9.80 Å². The topological polar surface area (TPSA) is 40.6 Å². The number of carbonyl (C=O) groups excluding carboxylic acids is 2. The van der Waals surface area contributed by atoms with Gasteiger partial charge in [-0.15, -0.1) is 0 Å². The molecule has 0 aliphatic carbocycles. The predicted octanol–water partition coefficient (Wildman–Crippen LogP) is 3.06. The fourth-order valence-electron chi connectivity index (χ4n) is 2.47. The lowest BCUT2D eigenvalue weighted by atomic mass is 9.88. The van der Waals surface area contributed by atoms with Crippen LogP contribution in [0.5, 0.6) is 0 Å². The zero-order chi connectivity index (χ0) is 16.3. The maximum Gasteiger partial charge on any atom is 0.253 e. The molecule has 120 valence electrons. The Morgan fingerprint density at radius 3 is 2.05 bits per heavy atom. The van der Waals surface area contributed by atoms with Gasteiger partial charge in [-0.1, -0.05) is 32.4 Å². The number of hydrogen-bond donors (Lipinski definition) is 0. The summed E-state index contributed by atoms with van der Waals surface area (Å²) in [5, 5.41) is 0.619. The molecule has 1 fully saturated rings. The number of amides is 2. The molecule has 1 heterocycles. The molecule has 0 radical (unpaired) electrons. The molecule has 0 spiro atoms. The van der Waals surface area contributed by atoms with E-state index < -0.39 is 0 Å². The van der Waals surface area contributed by atoms with Gasteiger partial charge in [0.25, 0.3) is 5.91 Å². The number of benzene rings is 1.